The molecule has 0 radical (unpaired) electrons. The number of nitrogens with zero attached hydrogens (tertiary/aromatic N) is 1. The fourth-order valence-corrected chi connectivity index (χ4v) is 3.34. The molecule has 0 fully saturated rings. The second kappa shape index (κ2) is 19.4. The van der Waals surface area contributed by atoms with E-state index < -0.39 is 11.6 Å². The predicted molar refractivity (Wildman–Crippen MR) is 157 cm³/mol. The number of halogens is 2. The van der Waals surface area contributed by atoms with Gasteiger partial charge in [0.2, 0.25) is 0 Å². The Bertz CT molecular complexity index is 1100. The van der Waals surface area contributed by atoms with Crippen molar-refractivity contribution in [1.29, 1.82) is 5.26 Å². The number of aryl methyl sites for hydroxylation is 1. The van der Waals surface area contributed by atoms with E-state index in [0.717, 1.165) is 46.5 Å². The van der Waals surface area contributed by atoms with Crippen molar-refractivity contribution >= 4 is 17.6 Å². The van der Waals surface area contributed by atoms with E-state index in [1.807, 2.05) is 92.9 Å². The van der Waals surface area contributed by atoms with Crippen molar-refractivity contribution < 1.29 is 8.78 Å². The Morgan fingerprint density at radius 2 is 1.56 bits per heavy atom. The quantitative estimate of drug-likeness (QED) is 0.164. The van der Waals surface area contributed by atoms with Crippen molar-refractivity contribution in [3.8, 4) is 17.2 Å². The van der Waals surface area contributed by atoms with Crippen LogP contribution in [0, 0.1) is 35.2 Å². The minimum atomic E-state index is -0.590. The first-order valence-electron chi connectivity index (χ1n) is 12.5. The van der Waals surface area contributed by atoms with Gasteiger partial charge in [-0.1, -0.05) is 70.3 Å². The molecule has 0 saturated carbocycles. The summed E-state index contributed by atoms with van der Waals surface area (Å²) in [5.41, 5.74) is 6.05. The van der Waals surface area contributed by atoms with Gasteiger partial charge in [0.25, 0.3) is 0 Å². The number of thiocyanates is 1. The minimum Gasteiger partial charge on any atom is -0.206 e. The van der Waals surface area contributed by atoms with Crippen molar-refractivity contribution in [2.45, 2.75) is 94.4 Å². The molecule has 196 valence electrons. The van der Waals surface area contributed by atoms with Crippen LogP contribution in [0.5, 0.6) is 0 Å². The summed E-state index contributed by atoms with van der Waals surface area (Å²) in [5, 5.41) is 10.7. The molecule has 0 aliphatic heterocycles. The van der Waals surface area contributed by atoms with Crippen LogP contribution < -0.4 is 0 Å². The highest BCUT2D eigenvalue weighted by atomic mass is 32.2. The lowest BCUT2D eigenvalue weighted by atomic mass is 9.98. The Morgan fingerprint density at radius 3 is 2.03 bits per heavy atom. The Hall–Kier alpha value is -2.82. The number of nitriles is 1. The zero-order valence-electron chi connectivity index (χ0n) is 24.2. The fraction of sp³-hybridized carbons (Fsp3) is 0.406. The molecule has 4 heteroatoms. The standard InChI is InChI=1S/C28H31F2NS.2C2H6/c1-9-24(20(5)13-12-19(4)11-10-18(2)3)14-21(6)23(8)27(30)25-15-22(7)28(32-17-31)26(29)16-25;2*1-2/h10-11,14-16H,9H2,1-8H3;2*1-2H3/b19-11+,21-14+,24-20+,27-23-;;. The molecule has 0 atom stereocenters. The first-order valence-corrected chi connectivity index (χ1v) is 13.3. The van der Waals surface area contributed by atoms with Gasteiger partial charge in [-0.15, -0.1) is 0 Å². The van der Waals surface area contributed by atoms with Crippen LogP contribution in [0.15, 0.2) is 68.7 Å². The lowest BCUT2D eigenvalue weighted by Crippen LogP contribution is -1.93. The van der Waals surface area contributed by atoms with E-state index in [2.05, 4.69) is 11.8 Å². The maximum absolute atomic E-state index is 15.2. The Morgan fingerprint density at radius 1 is 0.972 bits per heavy atom. The third kappa shape index (κ3) is 12.2. The maximum atomic E-state index is 15.2. The molecule has 0 bridgehead atoms. The summed E-state index contributed by atoms with van der Waals surface area (Å²) in [6, 6.07) is 2.72. The molecule has 0 aliphatic rings. The van der Waals surface area contributed by atoms with Crippen LogP contribution in [0.25, 0.3) is 5.83 Å². The minimum absolute atomic E-state index is 0.172. The van der Waals surface area contributed by atoms with E-state index in [-0.39, 0.29) is 10.5 Å². The van der Waals surface area contributed by atoms with Gasteiger partial charge in [0.15, 0.2) is 0 Å². The molecule has 0 spiro atoms. The van der Waals surface area contributed by atoms with Crippen LogP contribution in [0.3, 0.4) is 0 Å². The van der Waals surface area contributed by atoms with Gasteiger partial charge in [-0.25, -0.2) is 8.78 Å². The zero-order chi connectivity index (χ0) is 28.4. The van der Waals surface area contributed by atoms with Gasteiger partial charge in [0, 0.05) is 11.1 Å². The predicted octanol–water partition coefficient (Wildman–Crippen LogP) is 11.0. The van der Waals surface area contributed by atoms with Crippen LogP contribution in [0.2, 0.25) is 0 Å². The molecule has 1 aromatic rings. The topological polar surface area (TPSA) is 23.8 Å². The normalized spacial score (nSPS) is 12.2. The van der Waals surface area contributed by atoms with Crippen molar-refractivity contribution in [3.63, 3.8) is 0 Å². The first kappa shape index (κ1) is 35.3. The highest BCUT2D eigenvalue weighted by Crippen LogP contribution is 2.32. The van der Waals surface area contributed by atoms with Gasteiger partial charge in [0.1, 0.15) is 17.0 Å². The Balaban J connectivity index is 0. The molecule has 0 unspecified atom stereocenters. The summed E-state index contributed by atoms with van der Waals surface area (Å²) in [6.45, 7) is 23.2. The van der Waals surface area contributed by atoms with Crippen LogP contribution in [-0.2, 0) is 0 Å². The largest absolute Gasteiger partial charge is 0.206 e. The van der Waals surface area contributed by atoms with Gasteiger partial charge in [-0.2, -0.15) is 5.26 Å². The third-order valence-electron chi connectivity index (χ3n) is 4.92. The van der Waals surface area contributed by atoms with Crippen molar-refractivity contribution in [2.75, 3.05) is 0 Å². The molecule has 1 aromatic carbocycles. The van der Waals surface area contributed by atoms with Crippen molar-refractivity contribution in [2.24, 2.45) is 0 Å². The monoisotopic (exact) mass is 511 g/mol. The summed E-state index contributed by atoms with van der Waals surface area (Å²) in [6.07, 6.45) is 6.72. The van der Waals surface area contributed by atoms with Gasteiger partial charge >= 0.3 is 0 Å². The summed E-state index contributed by atoms with van der Waals surface area (Å²) in [5.74, 6) is 5.29. The molecule has 0 heterocycles. The molecule has 1 rings (SSSR count). The summed E-state index contributed by atoms with van der Waals surface area (Å²) in [7, 11) is 0. The number of allylic oxidation sites excluding steroid dienone is 9. The van der Waals surface area contributed by atoms with E-state index in [4.69, 9.17) is 5.26 Å². The Kier molecular flexibility index (Phi) is 19.0. The first-order chi connectivity index (χ1) is 17.0. The van der Waals surface area contributed by atoms with E-state index in [1.54, 1.807) is 19.9 Å². The summed E-state index contributed by atoms with van der Waals surface area (Å²) >= 11 is 0.744. The van der Waals surface area contributed by atoms with E-state index >= 15 is 4.39 Å². The number of thioether (sulfide) groups is 1. The van der Waals surface area contributed by atoms with Gasteiger partial charge in [-0.05, 0) is 107 Å². The third-order valence-corrected chi connectivity index (χ3v) is 5.73. The zero-order valence-corrected chi connectivity index (χ0v) is 25.0. The maximum Gasteiger partial charge on any atom is 0.138 e. The van der Waals surface area contributed by atoms with Crippen LogP contribution in [0.4, 0.5) is 8.78 Å². The molecular formula is C32H43F2NS. The van der Waals surface area contributed by atoms with Crippen LogP contribution in [0.1, 0.15) is 93.7 Å². The SMILES string of the molecule is CC.CC.CCC(/C=C(C)/C(C)=C(\F)c1cc(C)c(SC#N)c(F)c1)=C(/C)C#C/C(C)=C/C=C(C)C. The highest BCUT2D eigenvalue weighted by Gasteiger charge is 2.14. The smallest absolute Gasteiger partial charge is 0.138 e. The van der Waals surface area contributed by atoms with Gasteiger partial charge in [-0.3, -0.25) is 0 Å². The number of rotatable bonds is 6. The number of hydrogen-bond acceptors (Lipinski definition) is 2. The molecule has 0 saturated heterocycles. The highest BCUT2D eigenvalue weighted by molar-refractivity contribution is 8.03. The average molecular weight is 512 g/mol. The van der Waals surface area contributed by atoms with E-state index in [9.17, 15) is 4.39 Å². The molecule has 0 N–H and O–H groups in total. The average Bonchev–Trinajstić information content (AvgIpc) is 2.87. The van der Waals surface area contributed by atoms with Crippen LogP contribution >= 0.6 is 11.8 Å². The number of hydrogen-bond donors (Lipinski definition) is 0. The number of benzene rings is 1. The van der Waals surface area contributed by atoms with Crippen molar-refractivity contribution in [1.82, 2.24) is 0 Å². The van der Waals surface area contributed by atoms with Gasteiger partial charge in [0.05, 0.1) is 4.90 Å². The molecular weight excluding hydrogens is 468 g/mol. The molecule has 36 heavy (non-hydrogen) atoms. The molecule has 0 amide bonds. The summed E-state index contributed by atoms with van der Waals surface area (Å²) < 4.78 is 29.5. The second-order valence-corrected chi connectivity index (χ2v) is 8.71. The van der Waals surface area contributed by atoms with E-state index in [1.165, 1.54) is 5.57 Å². The fourth-order valence-electron chi connectivity index (χ4n) is 2.87. The molecule has 1 nitrogen and oxygen atoms in total. The van der Waals surface area contributed by atoms with Gasteiger partial charge < -0.3 is 0 Å². The summed E-state index contributed by atoms with van der Waals surface area (Å²) in [4.78, 5) is 0.230. The Labute approximate surface area is 223 Å². The molecule has 0 aliphatic carbocycles. The lowest BCUT2D eigenvalue weighted by Gasteiger charge is -2.10. The molecule has 0 aromatic heterocycles. The second-order valence-electron chi connectivity index (χ2n) is 7.91. The van der Waals surface area contributed by atoms with Crippen LogP contribution in [-0.4, -0.2) is 0 Å². The van der Waals surface area contributed by atoms with E-state index in [0.29, 0.717) is 11.1 Å². The van der Waals surface area contributed by atoms with Crippen molar-refractivity contribution in [3.05, 3.63) is 80.7 Å². The lowest BCUT2D eigenvalue weighted by molar-refractivity contribution is 0.597.